The smallest absolute Gasteiger partial charge is 0.325 e. The zero-order chi connectivity index (χ0) is 25.8. The number of benzene rings is 1. The first-order valence-electron chi connectivity index (χ1n) is 13.0. The standard InChI is InChI=1S/C28H37N5O3/c1-4-23(20-11-7-5-8-12-20)31-28(36)33-25(27(35)32(3)21-13-9-6-10-14-21)22(26(33)34)16-19-15-18(2)30-24(29)17-19/h6,9-10,13-15,17,20,22-23,25H,4-5,7-8,11-12,16H2,1-3H3,(H2,29,30)(H,31,36)/t22-,23?,25+/m1/s1. The van der Waals surface area contributed by atoms with Gasteiger partial charge in [-0.25, -0.2) is 9.78 Å². The van der Waals surface area contributed by atoms with Gasteiger partial charge in [-0.1, -0.05) is 44.4 Å². The summed E-state index contributed by atoms with van der Waals surface area (Å²) < 4.78 is 0. The molecule has 0 spiro atoms. The normalized spacial score (nSPS) is 21.0. The lowest BCUT2D eigenvalue weighted by atomic mass is 9.81. The van der Waals surface area contributed by atoms with Crippen LogP contribution in [0.4, 0.5) is 16.3 Å². The van der Waals surface area contributed by atoms with Crippen molar-refractivity contribution in [2.24, 2.45) is 11.8 Å². The molecule has 4 rings (SSSR count). The van der Waals surface area contributed by atoms with Crippen molar-refractivity contribution < 1.29 is 14.4 Å². The highest BCUT2D eigenvalue weighted by Gasteiger charge is 2.55. The van der Waals surface area contributed by atoms with Crippen LogP contribution in [0.2, 0.25) is 0 Å². The van der Waals surface area contributed by atoms with Crippen molar-refractivity contribution in [1.82, 2.24) is 15.2 Å². The Morgan fingerprint density at radius 2 is 1.86 bits per heavy atom. The summed E-state index contributed by atoms with van der Waals surface area (Å²) >= 11 is 0. The highest BCUT2D eigenvalue weighted by atomic mass is 16.2. The number of likely N-dealkylation sites (tertiary alicyclic amines) is 1. The van der Waals surface area contributed by atoms with Crippen LogP contribution in [0, 0.1) is 18.8 Å². The van der Waals surface area contributed by atoms with E-state index in [2.05, 4.69) is 17.2 Å². The maximum absolute atomic E-state index is 13.7. The minimum Gasteiger partial charge on any atom is -0.384 e. The average molecular weight is 492 g/mol. The highest BCUT2D eigenvalue weighted by Crippen LogP contribution is 2.34. The number of pyridine rings is 1. The number of imide groups is 1. The van der Waals surface area contributed by atoms with Gasteiger partial charge in [0, 0.05) is 24.5 Å². The van der Waals surface area contributed by atoms with Crippen LogP contribution < -0.4 is 16.0 Å². The van der Waals surface area contributed by atoms with Crippen LogP contribution in [0.1, 0.15) is 56.7 Å². The number of hydrogen-bond acceptors (Lipinski definition) is 5. The molecule has 2 aromatic rings. The Balaban J connectivity index is 1.57. The number of carbonyl (C=O) groups is 3. The average Bonchev–Trinajstić information content (AvgIpc) is 2.88. The monoisotopic (exact) mass is 491 g/mol. The topological polar surface area (TPSA) is 109 Å². The first-order chi connectivity index (χ1) is 17.3. The number of urea groups is 1. The molecule has 1 saturated heterocycles. The van der Waals surface area contributed by atoms with E-state index in [4.69, 9.17) is 5.73 Å². The number of nitrogens with one attached hydrogen (secondary N) is 1. The van der Waals surface area contributed by atoms with Crippen molar-refractivity contribution in [2.75, 3.05) is 17.7 Å². The van der Waals surface area contributed by atoms with Crippen molar-refractivity contribution >= 4 is 29.4 Å². The van der Waals surface area contributed by atoms with Gasteiger partial charge in [0.25, 0.3) is 5.91 Å². The number of β-lactam (4-membered cyclic amide) rings is 1. The van der Waals surface area contributed by atoms with Crippen LogP contribution in [0.3, 0.4) is 0 Å². The summed E-state index contributed by atoms with van der Waals surface area (Å²) in [4.78, 5) is 47.3. The van der Waals surface area contributed by atoms with Crippen LogP contribution >= 0.6 is 0 Å². The molecule has 2 fully saturated rings. The van der Waals surface area contributed by atoms with E-state index in [-0.39, 0.29) is 17.9 Å². The van der Waals surface area contributed by atoms with E-state index in [0.29, 0.717) is 23.8 Å². The molecule has 8 heteroatoms. The second kappa shape index (κ2) is 11.1. The third-order valence-corrected chi connectivity index (χ3v) is 7.62. The fourth-order valence-corrected chi connectivity index (χ4v) is 5.69. The minimum absolute atomic E-state index is 0.00472. The van der Waals surface area contributed by atoms with Crippen LogP contribution in [-0.2, 0) is 16.0 Å². The lowest BCUT2D eigenvalue weighted by Gasteiger charge is -2.46. The van der Waals surface area contributed by atoms with Crippen LogP contribution in [-0.4, -0.2) is 46.9 Å². The number of amides is 4. The third kappa shape index (κ3) is 5.37. The molecule has 3 atom stereocenters. The lowest BCUT2D eigenvalue weighted by molar-refractivity contribution is -0.156. The maximum Gasteiger partial charge on any atom is 0.325 e. The van der Waals surface area contributed by atoms with E-state index in [1.165, 1.54) is 24.2 Å². The Hall–Kier alpha value is -3.42. The summed E-state index contributed by atoms with van der Waals surface area (Å²) in [5.74, 6) is -0.493. The molecule has 2 aliphatic rings. The number of anilines is 2. The van der Waals surface area contributed by atoms with Gasteiger partial charge in [0.15, 0.2) is 0 Å². The SMILES string of the molecule is CCC(NC(=O)N1C(=O)[C@H](Cc2cc(C)nc(N)c2)[C@H]1C(=O)N(C)c1ccccc1)C1CCCCC1. The van der Waals surface area contributed by atoms with Gasteiger partial charge in [-0.15, -0.1) is 0 Å². The van der Waals surface area contributed by atoms with Crippen molar-refractivity contribution in [2.45, 2.75) is 70.9 Å². The van der Waals surface area contributed by atoms with E-state index in [9.17, 15) is 14.4 Å². The second-order valence-corrected chi connectivity index (χ2v) is 10.1. The van der Waals surface area contributed by atoms with Crippen LogP contribution in [0.15, 0.2) is 42.5 Å². The summed E-state index contributed by atoms with van der Waals surface area (Å²) in [7, 11) is 1.68. The van der Waals surface area contributed by atoms with Crippen molar-refractivity contribution in [1.29, 1.82) is 0 Å². The molecule has 1 unspecified atom stereocenters. The van der Waals surface area contributed by atoms with Crippen molar-refractivity contribution in [3.05, 3.63) is 53.7 Å². The molecule has 3 N–H and O–H groups in total. The van der Waals surface area contributed by atoms with E-state index < -0.39 is 18.0 Å². The fourth-order valence-electron chi connectivity index (χ4n) is 5.69. The zero-order valence-electron chi connectivity index (χ0n) is 21.4. The van der Waals surface area contributed by atoms with E-state index in [1.54, 1.807) is 13.1 Å². The van der Waals surface area contributed by atoms with Gasteiger partial charge < -0.3 is 16.0 Å². The van der Waals surface area contributed by atoms with Gasteiger partial charge in [-0.3, -0.25) is 14.5 Å². The number of para-hydroxylation sites is 1. The fraction of sp³-hybridized carbons (Fsp3) is 0.500. The van der Waals surface area contributed by atoms with Gasteiger partial charge in [0.05, 0.1) is 5.92 Å². The molecule has 2 heterocycles. The lowest BCUT2D eigenvalue weighted by Crippen LogP contribution is -2.71. The first kappa shape index (κ1) is 25.7. The number of nitrogens with two attached hydrogens (primary N) is 1. The van der Waals surface area contributed by atoms with Gasteiger partial charge in [0.1, 0.15) is 11.9 Å². The highest BCUT2D eigenvalue weighted by molar-refractivity contribution is 6.12. The van der Waals surface area contributed by atoms with Gasteiger partial charge >= 0.3 is 6.03 Å². The van der Waals surface area contributed by atoms with Gasteiger partial charge in [-0.05, 0) is 68.4 Å². The Bertz CT molecular complexity index is 1080. The number of nitrogens with zero attached hydrogens (tertiary/aromatic N) is 3. The second-order valence-electron chi connectivity index (χ2n) is 10.1. The minimum atomic E-state index is -0.888. The molecule has 192 valence electrons. The van der Waals surface area contributed by atoms with Gasteiger partial charge in [0.2, 0.25) is 5.91 Å². The van der Waals surface area contributed by atoms with Crippen LogP contribution in [0.25, 0.3) is 0 Å². The summed E-state index contributed by atoms with van der Waals surface area (Å²) in [5, 5.41) is 3.10. The Morgan fingerprint density at radius 1 is 1.17 bits per heavy atom. The summed E-state index contributed by atoms with van der Waals surface area (Å²) in [6.45, 7) is 3.90. The predicted octanol–water partition coefficient (Wildman–Crippen LogP) is 4.07. The number of aromatic nitrogens is 1. The Morgan fingerprint density at radius 3 is 2.50 bits per heavy atom. The number of rotatable bonds is 7. The number of likely N-dealkylation sites (N-methyl/N-ethyl adjacent to an activating group) is 1. The number of aryl methyl sites for hydroxylation is 1. The molecular formula is C28H37N5O3. The van der Waals surface area contributed by atoms with E-state index >= 15 is 0 Å². The molecule has 4 amide bonds. The molecule has 36 heavy (non-hydrogen) atoms. The van der Waals surface area contributed by atoms with Crippen LogP contribution in [0.5, 0.6) is 0 Å². The zero-order valence-corrected chi connectivity index (χ0v) is 21.4. The van der Waals surface area contributed by atoms with Crippen molar-refractivity contribution in [3.8, 4) is 0 Å². The molecule has 0 radical (unpaired) electrons. The molecule has 8 nitrogen and oxygen atoms in total. The number of nitrogen functional groups attached to an aromatic ring is 1. The van der Waals surface area contributed by atoms with E-state index in [0.717, 1.165) is 35.4 Å². The molecule has 1 aromatic carbocycles. The Kier molecular flexibility index (Phi) is 7.91. The summed E-state index contributed by atoms with van der Waals surface area (Å²) in [6, 6.07) is 11.5. The van der Waals surface area contributed by atoms with E-state index in [1.807, 2.05) is 43.3 Å². The summed E-state index contributed by atoms with van der Waals surface area (Å²) in [5.41, 5.74) is 8.20. The Labute approximate surface area is 213 Å². The summed E-state index contributed by atoms with van der Waals surface area (Å²) in [6.07, 6.45) is 6.83. The number of carbonyl (C=O) groups excluding carboxylic acids is 3. The van der Waals surface area contributed by atoms with Crippen molar-refractivity contribution in [3.63, 3.8) is 0 Å². The quantitative estimate of drug-likeness (QED) is 0.568. The first-order valence-corrected chi connectivity index (χ1v) is 13.0. The molecule has 1 saturated carbocycles. The third-order valence-electron chi connectivity index (χ3n) is 7.62. The molecule has 1 aromatic heterocycles. The largest absolute Gasteiger partial charge is 0.384 e. The molecule has 0 bridgehead atoms. The molecule has 1 aliphatic heterocycles. The molecule has 1 aliphatic carbocycles. The number of hydrogen-bond donors (Lipinski definition) is 2. The predicted molar refractivity (Wildman–Crippen MR) is 140 cm³/mol. The maximum atomic E-state index is 13.7. The molecular weight excluding hydrogens is 454 g/mol. The van der Waals surface area contributed by atoms with Gasteiger partial charge in [-0.2, -0.15) is 0 Å².